The van der Waals surface area contributed by atoms with Crippen molar-refractivity contribution in [2.45, 2.75) is 36.9 Å². The Morgan fingerprint density at radius 3 is 3.03 bits per heavy atom. The van der Waals surface area contributed by atoms with Crippen LogP contribution in [-0.4, -0.2) is 34.5 Å². The molecule has 8 heteroatoms. The molecular formula is C21H22FN5OS. The van der Waals surface area contributed by atoms with Gasteiger partial charge >= 0.3 is 0 Å². The molecule has 0 radical (unpaired) electrons. The van der Waals surface area contributed by atoms with Gasteiger partial charge in [0.1, 0.15) is 17.5 Å². The van der Waals surface area contributed by atoms with E-state index >= 15 is 0 Å². The van der Waals surface area contributed by atoms with Gasteiger partial charge in [-0.3, -0.25) is 4.98 Å². The van der Waals surface area contributed by atoms with Gasteiger partial charge in [-0.2, -0.15) is 5.10 Å². The van der Waals surface area contributed by atoms with Crippen LogP contribution in [0.1, 0.15) is 17.5 Å². The van der Waals surface area contributed by atoms with Gasteiger partial charge in [0, 0.05) is 35.3 Å². The number of likely N-dealkylation sites (N-methyl/N-ethyl adjacent to an activating group) is 1. The highest BCUT2D eigenvalue weighted by Crippen LogP contribution is 2.40. The molecule has 1 aliphatic carbocycles. The minimum absolute atomic E-state index is 0.256. The van der Waals surface area contributed by atoms with Gasteiger partial charge in [0.25, 0.3) is 0 Å². The average molecular weight is 412 g/mol. The number of pyridine rings is 1. The number of hydrogen-bond acceptors (Lipinski definition) is 6. The Morgan fingerprint density at radius 2 is 2.17 bits per heavy atom. The van der Waals surface area contributed by atoms with Crippen molar-refractivity contribution in [1.82, 2.24) is 20.1 Å². The molecule has 5 rings (SSSR count). The molecule has 0 saturated heterocycles. The van der Waals surface area contributed by atoms with Crippen LogP contribution in [0.4, 0.5) is 10.1 Å². The lowest BCUT2D eigenvalue weighted by Gasteiger charge is -2.23. The fraction of sp³-hybridized carbons (Fsp3) is 0.333. The number of aromatic nitrogens is 3. The van der Waals surface area contributed by atoms with Gasteiger partial charge in [0.2, 0.25) is 5.88 Å². The van der Waals surface area contributed by atoms with Crippen LogP contribution in [0.3, 0.4) is 0 Å². The van der Waals surface area contributed by atoms with E-state index in [1.807, 2.05) is 23.9 Å². The van der Waals surface area contributed by atoms with Crippen molar-refractivity contribution in [2.75, 3.05) is 18.4 Å². The van der Waals surface area contributed by atoms with Gasteiger partial charge in [-0.05, 0) is 43.5 Å². The summed E-state index contributed by atoms with van der Waals surface area (Å²) in [5.41, 5.74) is 4.98. The molecule has 29 heavy (non-hydrogen) atoms. The number of halogens is 1. The first kappa shape index (κ1) is 18.4. The molecule has 1 aliphatic heterocycles. The van der Waals surface area contributed by atoms with Crippen LogP contribution in [0.15, 0.2) is 41.7 Å². The summed E-state index contributed by atoms with van der Waals surface area (Å²) >= 11 is 1.44. The number of benzene rings is 1. The Kier molecular flexibility index (Phi) is 4.89. The van der Waals surface area contributed by atoms with E-state index in [-0.39, 0.29) is 11.9 Å². The number of aryl methyl sites for hydroxylation is 1. The first-order chi connectivity index (χ1) is 14.2. The van der Waals surface area contributed by atoms with E-state index in [9.17, 15) is 4.39 Å². The summed E-state index contributed by atoms with van der Waals surface area (Å²) in [4.78, 5) is 3.88. The minimum atomic E-state index is -0.317. The second kappa shape index (κ2) is 7.68. The third-order valence-corrected chi connectivity index (χ3v) is 6.27. The third kappa shape index (κ3) is 3.47. The molecule has 1 atom stereocenters. The Bertz CT molecular complexity index is 1050. The van der Waals surface area contributed by atoms with Gasteiger partial charge in [-0.15, -0.1) is 0 Å². The monoisotopic (exact) mass is 411 g/mol. The number of fused-ring (bicyclic) bond motifs is 2. The van der Waals surface area contributed by atoms with Crippen molar-refractivity contribution in [3.05, 3.63) is 53.6 Å². The van der Waals surface area contributed by atoms with E-state index in [1.54, 1.807) is 12.3 Å². The van der Waals surface area contributed by atoms with Crippen molar-refractivity contribution >= 4 is 17.6 Å². The molecule has 0 amide bonds. The zero-order valence-corrected chi connectivity index (χ0v) is 16.9. The maximum absolute atomic E-state index is 14.5. The molecule has 1 unspecified atom stereocenters. The number of nitrogens with zero attached hydrogens (tertiary/aromatic N) is 3. The summed E-state index contributed by atoms with van der Waals surface area (Å²) in [6.07, 6.45) is 6.06. The normalized spacial score (nSPS) is 17.5. The van der Waals surface area contributed by atoms with E-state index in [4.69, 9.17) is 4.74 Å². The molecule has 2 aliphatic rings. The van der Waals surface area contributed by atoms with Crippen LogP contribution in [0.5, 0.6) is 5.88 Å². The van der Waals surface area contributed by atoms with E-state index in [0.717, 1.165) is 48.0 Å². The molecule has 0 saturated carbocycles. The lowest BCUT2D eigenvalue weighted by molar-refractivity contribution is 0.189. The van der Waals surface area contributed by atoms with Crippen LogP contribution in [0, 0.1) is 5.82 Å². The fourth-order valence-electron chi connectivity index (χ4n) is 4.00. The van der Waals surface area contributed by atoms with Crippen molar-refractivity contribution in [2.24, 2.45) is 0 Å². The predicted molar refractivity (Wildman–Crippen MR) is 112 cm³/mol. The Balaban J connectivity index is 1.45. The highest BCUT2D eigenvalue weighted by molar-refractivity contribution is 8.00. The number of hydrogen-bond donors (Lipinski definition) is 2. The third-order valence-electron chi connectivity index (χ3n) is 5.56. The second-order valence-electron chi connectivity index (χ2n) is 7.34. The SMILES string of the molecule is CNC1COc2cc(SNc3c(-c4ccncc4F)ccc4c3CCC4)nn2C1. The molecule has 0 bridgehead atoms. The van der Waals surface area contributed by atoms with E-state index in [0.29, 0.717) is 12.2 Å². The topological polar surface area (TPSA) is 64.0 Å². The van der Waals surface area contributed by atoms with Gasteiger partial charge in [-0.1, -0.05) is 12.1 Å². The molecule has 0 fully saturated rings. The molecule has 2 aromatic heterocycles. The number of anilines is 1. The molecule has 1 aromatic carbocycles. The standard InChI is InChI=1S/C21H22FN5OS/c1-23-14-11-27-20(28-12-14)9-19(25-27)29-26-21-15-4-2-3-13(15)5-6-17(21)16-7-8-24-10-18(16)22/h5-10,14,23,26H,2-4,11-12H2,1H3. The predicted octanol–water partition coefficient (Wildman–Crippen LogP) is 3.67. The molecular weight excluding hydrogens is 389 g/mol. The number of rotatable bonds is 5. The van der Waals surface area contributed by atoms with Crippen LogP contribution in [0.2, 0.25) is 0 Å². The van der Waals surface area contributed by atoms with Crippen molar-refractivity contribution < 1.29 is 9.13 Å². The van der Waals surface area contributed by atoms with Gasteiger partial charge in [-0.25, -0.2) is 9.07 Å². The minimum Gasteiger partial charge on any atom is -0.476 e. The van der Waals surface area contributed by atoms with Crippen molar-refractivity contribution in [1.29, 1.82) is 0 Å². The van der Waals surface area contributed by atoms with E-state index in [1.165, 1.54) is 29.3 Å². The van der Waals surface area contributed by atoms with Gasteiger partial charge in [0.15, 0.2) is 0 Å². The Hall–Kier alpha value is -2.58. The van der Waals surface area contributed by atoms with Crippen molar-refractivity contribution in [3.8, 4) is 17.0 Å². The summed E-state index contributed by atoms with van der Waals surface area (Å²) in [7, 11) is 1.93. The van der Waals surface area contributed by atoms with Crippen LogP contribution >= 0.6 is 11.9 Å². The zero-order chi connectivity index (χ0) is 19.8. The first-order valence-electron chi connectivity index (χ1n) is 9.78. The Labute approximate surface area is 173 Å². The average Bonchev–Trinajstić information content (AvgIpc) is 3.38. The molecule has 150 valence electrons. The van der Waals surface area contributed by atoms with Crippen LogP contribution < -0.4 is 14.8 Å². The van der Waals surface area contributed by atoms with Crippen LogP contribution in [-0.2, 0) is 19.4 Å². The number of nitrogens with one attached hydrogen (secondary N) is 2. The highest BCUT2D eigenvalue weighted by Gasteiger charge is 2.23. The molecule has 0 spiro atoms. The maximum Gasteiger partial charge on any atom is 0.213 e. The molecule has 3 heterocycles. The fourth-order valence-corrected chi connectivity index (χ4v) is 4.74. The molecule has 2 N–H and O–H groups in total. The van der Waals surface area contributed by atoms with Gasteiger partial charge in [0.05, 0.1) is 24.5 Å². The largest absolute Gasteiger partial charge is 0.476 e. The summed E-state index contributed by atoms with van der Waals surface area (Å²) in [6, 6.07) is 8.05. The Morgan fingerprint density at radius 1 is 1.24 bits per heavy atom. The van der Waals surface area contributed by atoms with Crippen LogP contribution in [0.25, 0.3) is 11.1 Å². The zero-order valence-electron chi connectivity index (χ0n) is 16.1. The smallest absolute Gasteiger partial charge is 0.213 e. The highest BCUT2D eigenvalue weighted by atomic mass is 32.2. The molecule has 6 nitrogen and oxygen atoms in total. The lowest BCUT2D eigenvalue weighted by atomic mass is 9.98. The van der Waals surface area contributed by atoms with E-state index in [2.05, 4.69) is 26.2 Å². The van der Waals surface area contributed by atoms with Gasteiger partial charge < -0.3 is 14.8 Å². The summed E-state index contributed by atoms with van der Waals surface area (Å²) in [6.45, 7) is 1.41. The lowest BCUT2D eigenvalue weighted by Crippen LogP contribution is -2.39. The van der Waals surface area contributed by atoms with Crippen molar-refractivity contribution in [3.63, 3.8) is 0 Å². The molecule has 3 aromatic rings. The quantitative estimate of drug-likeness (QED) is 0.625. The van der Waals surface area contributed by atoms with E-state index < -0.39 is 0 Å². The summed E-state index contributed by atoms with van der Waals surface area (Å²) in [5, 5.41) is 8.70. The summed E-state index contributed by atoms with van der Waals surface area (Å²) < 4.78 is 25.6. The maximum atomic E-state index is 14.5. The number of ether oxygens (including phenoxy) is 1. The second-order valence-corrected chi connectivity index (χ2v) is 8.17. The summed E-state index contributed by atoms with van der Waals surface area (Å²) in [5.74, 6) is 0.460. The first-order valence-corrected chi connectivity index (χ1v) is 10.6.